The number of amides is 2. The van der Waals surface area contributed by atoms with Gasteiger partial charge in [0.15, 0.2) is 0 Å². The molecule has 5 nitrogen and oxygen atoms in total. The molecule has 1 aliphatic heterocycles. The maximum absolute atomic E-state index is 12.9. The lowest BCUT2D eigenvalue weighted by Crippen LogP contribution is -2.50. The summed E-state index contributed by atoms with van der Waals surface area (Å²) in [5.74, 6) is -0.165. The van der Waals surface area contributed by atoms with Crippen LogP contribution in [0.15, 0.2) is 48.5 Å². The highest BCUT2D eigenvalue weighted by molar-refractivity contribution is 7.21. The summed E-state index contributed by atoms with van der Waals surface area (Å²) in [6, 6.07) is 14.9. The lowest BCUT2D eigenvalue weighted by molar-refractivity contribution is -0.117. The molecule has 0 saturated carbocycles. The number of thiophene rings is 1. The van der Waals surface area contributed by atoms with Crippen molar-refractivity contribution in [2.75, 3.05) is 38.0 Å². The third-order valence-corrected chi connectivity index (χ3v) is 6.90. The van der Waals surface area contributed by atoms with Crippen LogP contribution in [-0.4, -0.2) is 54.3 Å². The highest BCUT2D eigenvalue weighted by atomic mass is 35.5. The van der Waals surface area contributed by atoms with Crippen molar-refractivity contribution in [2.45, 2.75) is 0 Å². The van der Waals surface area contributed by atoms with Crippen LogP contribution in [0.25, 0.3) is 10.1 Å². The van der Waals surface area contributed by atoms with Gasteiger partial charge in [-0.25, -0.2) is 0 Å². The van der Waals surface area contributed by atoms with Gasteiger partial charge in [0, 0.05) is 36.3 Å². The molecule has 0 spiro atoms. The number of nitrogens with one attached hydrogen (secondary N) is 1. The van der Waals surface area contributed by atoms with E-state index in [0.717, 1.165) is 10.1 Å². The number of nitrogens with zero attached hydrogens (tertiary/aromatic N) is 2. The van der Waals surface area contributed by atoms with E-state index in [0.29, 0.717) is 46.8 Å². The smallest absolute Gasteiger partial charge is 0.265 e. The zero-order valence-electron chi connectivity index (χ0n) is 15.5. The number of rotatable bonds is 4. The Bertz CT molecular complexity index is 1060. The molecular formula is C21H19Cl2N3O2S. The summed E-state index contributed by atoms with van der Waals surface area (Å²) < 4.78 is 1.01. The summed E-state index contributed by atoms with van der Waals surface area (Å²) >= 11 is 14.0. The lowest BCUT2D eigenvalue weighted by atomic mass is 10.2. The summed E-state index contributed by atoms with van der Waals surface area (Å²) in [4.78, 5) is 29.7. The summed E-state index contributed by atoms with van der Waals surface area (Å²) in [5.41, 5.74) is 0.604. The number of anilines is 1. The van der Waals surface area contributed by atoms with Crippen molar-refractivity contribution in [1.82, 2.24) is 9.80 Å². The minimum atomic E-state index is -0.120. The van der Waals surface area contributed by atoms with Gasteiger partial charge in [-0.15, -0.1) is 11.3 Å². The summed E-state index contributed by atoms with van der Waals surface area (Å²) in [6.45, 7) is 2.64. The SMILES string of the molecule is O=C(CN1CCN(C(=O)c2sc3ccccc3c2Cl)CC1)Nc1ccccc1Cl. The van der Waals surface area contributed by atoms with Crippen LogP contribution in [0.3, 0.4) is 0 Å². The van der Waals surface area contributed by atoms with Crippen molar-refractivity contribution in [3.8, 4) is 0 Å². The molecule has 0 atom stereocenters. The Morgan fingerprint density at radius 3 is 2.38 bits per heavy atom. The van der Waals surface area contributed by atoms with E-state index in [-0.39, 0.29) is 18.4 Å². The summed E-state index contributed by atoms with van der Waals surface area (Å²) in [5, 5.41) is 4.78. The average Bonchev–Trinajstić information content (AvgIpc) is 3.07. The van der Waals surface area contributed by atoms with Crippen molar-refractivity contribution in [2.24, 2.45) is 0 Å². The molecule has 4 rings (SSSR count). The molecule has 1 saturated heterocycles. The van der Waals surface area contributed by atoms with Crippen LogP contribution in [0.2, 0.25) is 10.0 Å². The molecule has 0 unspecified atom stereocenters. The Morgan fingerprint density at radius 1 is 0.966 bits per heavy atom. The van der Waals surface area contributed by atoms with Gasteiger partial charge < -0.3 is 10.2 Å². The van der Waals surface area contributed by atoms with Gasteiger partial charge >= 0.3 is 0 Å². The molecule has 2 amide bonds. The maximum Gasteiger partial charge on any atom is 0.265 e. The molecule has 2 aromatic carbocycles. The Balaban J connectivity index is 1.34. The van der Waals surface area contributed by atoms with E-state index in [4.69, 9.17) is 23.2 Å². The van der Waals surface area contributed by atoms with Gasteiger partial charge in [0.25, 0.3) is 5.91 Å². The third kappa shape index (κ3) is 4.41. The van der Waals surface area contributed by atoms with Crippen molar-refractivity contribution in [3.63, 3.8) is 0 Å². The number of hydrogen-bond donors (Lipinski definition) is 1. The number of hydrogen-bond acceptors (Lipinski definition) is 4. The predicted molar refractivity (Wildman–Crippen MR) is 119 cm³/mol. The fourth-order valence-corrected chi connectivity index (χ4v) is 5.02. The fourth-order valence-electron chi connectivity index (χ4n) is 3.36. The molecular weight excluding hydrogens is 429 g/mol. The van der Waals surface area contributed by atoms with Crippen LogP contribution >= 0.6 is 34.5 Å². The summed E-state index contributed by atoms with van der Waals surface area (Å²) in [6.07, 6.45) is 0. The molecule has 1 aromatic heterocycles. The van der Waals surface area contributed by atoms with Crippen molar-refractivity contribution >= 4 is 62.1 Å². The maximum atomic E-state index is 12.9. The summed E-state index contributed by atoms with van der Waals surface area (Å²) in [7, 11) is 0. The Kier molecular flexibility index (Phi) is 6.06. The number of para-hydroxylation sites is 1. The van der Waals surface area contributed by atoms with E-state index in [1.54, 1.807) is 17.0 Å². The lowest BCUT2D eigenvalue weighted by Gasteiger charge is -2.34. The normalized spacial score (nSPS) is 14.9. The minimum Gasteiger partial charge on any atom is -0.335 e. The van der Waals surface area contributed by atoms with E-state index >= 15 is 0 Å². The molecule has 0 aliphatic carbocycles. The number of piperazine rings is 1. The van der Waals surface area contributed by atoms with Crippen LogP contribution in [-0.2, 0) is 4.79 Å². The molecule has 0 bridgehead atoms. The number of fused-ring (bicyclic) bond motifs is 1. The molecule has 2 heterocycles. The minimum absolute atomic E-state index is 0.0450. The highest BCUT2D eigenvalue weighted by Crippen LogP contribution is 2.36. The molecule has 3 aromatic rings. The Labute approximate surface area is 182 Å². The quantitative estimate of drug-likeness (QED) is 0.635. The van der Waals surface area contributed by atoms with Crippen LogP contribution in [0.4, 0.5) is 5.69 Å². The second-order valence-corrected chi connectivity index (χ2v) is 8.68. The first-order valence-corrected chi connectivity index (χ1v) is 10.8. The first-order valence-electron chi connectivity index (χ1n) is 9.26. The number of halogens is 2. The van der Waals surface area contributed by atoms with Gasteiger partial charge in [-0.05, 0) is 18.2 Å². The van der Waals surface area contributed by atoms with Crippen LogP contribution in [0, 0.1) is 0 Å². The highest BCUT2D eigenvalue weighted by Gasteiger charge is 2.26. The zero-order chi connectivity index (χ0) is 20.4. The standard InChI is InChI=1S/C21H19Cl2N3O2S/c22-15-6-2-3-7-16(15)24-18(27)13-25-9-11-26(12-10-25)21(28)20-19(23)14-5-1-4-8-17(14)29-20/h1-8H,9-13H2,(H,24,27). The topological polar surface area (TPSA) is 52.7 Å². The zero-order valence-corrected chi connectivity index (χ0v) is 17.9. The average molecular weight is 448 g/mol. The van der Waals surface area contributed by atoms with Gasteiger partial charge in [0.2, 0.25) is 5.91 Å². The van der Waals surface area contributed by atoms with Crippen molar-refractivity contribution in [1.29, 1.82) is 0 Å². The molecule has 1 fully saturated rings. The van der Waals surface area contributed by atoms with Crippen LogP contribution in [0.1, 0.15) is 9.67 Å². The van der Waals surface area contributed by atoms with E-state index in [1.807, 2.05) is 41.3 Å². The number of benzene rings is 2. The van der Waals surface area contributed by atoms with Gasteiger partial charge in [0.05, 0.1) is 22.3 Å². The second kappa shape index (κ2) is 8.71. The molecule has 150 valence electrons. The van der Waals surface area contributed by atoms with E-state index in [9.17, 15) is 9.59 Å². The van der Waals surface area contributed by atoms with Gasteiger partial charge in [-0.3, -0.25) is 14.5 Å². The van der Waals surface area contributed by atoms with Crippen LogP contribution < -0.4 is 5.32 Å². The van der Waals surface area contributed by atoms with E-state index in [1.165, 1.54) is 11.3 Å². The van der Waals surface area contributed by atoms with Crippen LogP contribution in [0.5, 0.6) is 0 Å². The second-order valence-electron chi connectivity index (χ2n) is 6.84. The van der Waals surface area contributed by atoms with Crippen molar-refractivity contribution in [3.05, 3.63) is 63.5 Å². The van der Waals surface area contributed by atoms with E-state index < -0.39 is 0 Å². The molecule has 0 radical (unpaired) electrons. The Hall–Kier alpha value is -2.12. The first kappa shape index (κ1) is 20.2. The first-order chi connectivity index (χ1) is 14.0. The predicted octanol–water partition coefficient (Wildman–Crippen LogP) is 4.60. The number of carbonyl (C=O) groups is 2. The fraction of sp³-hybridized carbons (Fsp3) is 0.238. The number of carbonyl (C=O) groups excluding carboxylic acids is 2. The Morgan fingerprint density at radius 2 is 1.66 bits per heavy atom. The monoisotopic (exact) mass is 447 g/mol. The van der Waals surface area contributed by atoms with Gasteiger partial charge in [0.1, 0.15) is 4.88 Å². The molecule has 8 heteroatoms. The molecule has 29 heavy (non-hydrogen) atoms. The molecule has 1 aliphatic rings. The third-order valence-electron chi connectivity index (χ3n) is 4.90. The van der Waals surface area contributed by atoms with Gasteiger partial charge in [-0.1, -0.05) is 53.5 Å². The molecule has 1 N–H and O–H groups in total. The van der Waals surface area contributed by atoms with Crippen molar-refractivity contribution < 1.29 is 9.59 Å². The van der Waals surface area contributed by atoms with E-state index in [2.05, 4.69) is 5.32 Å². The largest absolute Gasteiger partial charge is 0.335 e. The van der Waals surface area contributed by atoms with Gasteiger partial charge in [-0.2, -0.15) is 0 Å².